The monoisotopic (exact) mass is 364 g/mol. The smallest absolute Gasteiger partial charge is 0.266 e. The summed E-state index contributed by atoms with van der Waals surface area (Å²) in [6, 6.07) is 1.90. The molecular formula is C16H24N6O2S. The largest absolute Gasteiger partial charge is 0.281 e. The summed E-state index contributed by atoms with van der Waals surface area (Å²) in [4.78, 5) is 8.99. The van der Waals surface area contributed by atoms with Crippen LogP contribution in [0.2, 0.25) is 0 Å². The van der Waals surface area contributed by atoms with Crippen molar-refractivity contribution < 1.29 is 8.42 Å². The second kappa shape index (κ2) is 7.19. The maximum absolute atomic E-state index is 12.3. The first kappa shape index (κ1) is 18.0. The quantitative estimate of drug-likeness (QED) is 0.788. The average molecular weight is 364 g/mol. The number of piperidine rings is 1. The van der Waals surface area contributed by atoms with E-state index in [0.717, 1.165) is 36.3 Å². The zero-order valence-electron chi connectivity index (χ0n) is 14.8. The predicted octanol–water partition coefficient (Wildman–Crippen LogP) is 0.938. The molecule has 0 N–H and O–H groups in total. The Morgan fingerprint density at radius 1 is 1.28 bits per heavy atom. The van der Waals surface area contributed by atoms with Crippen molar-refractivity contribution in [2.75, 3.05) is 27.2 Å². The van der Waals surface area contributed by atoms with Gasteiger partial charge in [0.2, 0.25) is 0 Å². The molecule has 0 amide bonds. The van der Waals surface area contributed by atoms with Gasteiger partial charge in [-0.2, -0.15) is 22.1 Å². The van der Waals surface area contributed by atoms with Gasteiger partial charge in [0.15, 0.2) is 0 Å². The van der Waals surface area contributed by atoms with E-state index in [0.29, 0.717) is 13.1 Å². The lowest BCUT2D eigenvalue weighted by molar-refractivity contribution is 0.253. The fraction of sp³-hybridized carbons (Fsp3) is 0.562. The van der Waals surface area contributed by atoms with E-state index in [1.807, 2.05) is 13.1 Å². The van der Waals surface area contributed by atoms with Crippen LogP contribution in [0, 0.1) is 5.92 Å². The van der Waals surface area contributed by atoms with Gasteiger partial charge >= 0.3 is 0 Å². The van der Waals surface area contributed by atoms with Crippen molar-refractivity contribution in [1.82, 2.24) is 28.4 Å². The lowest BCUT2D eigenvalue weighted by Gasteiger charge is -2.33. The average Bonchev–Trinajstić information content (AvgIpc) is 3.02. The summed E-state index contributed by atoms with van der Waals surface area (Å²) in [5.41, 5.74) is 2.59. The summed E-state index contributed by atoms with van der Waals surface area (Å²) in [5, 5.41) is 4.14. The van der Waals surface area contributed by atoms with Crippen LogP contribution in [-0.2, 0) is 23.7 Å². The van der Waals surface area contributed by atoms with Crippen molar-refractivity contribution in [2.24, 2.45) is 13.0 Å². The molecule has 2 aromatic rings. The highest BCUT2D eigenvalue weighted by Gasteiger charge is 2.30. The van der Waals surface area contributed by atoms with E-state index in [9.17, 15) is 8.42 Å². The van der Waals surface area contributed by atoms with E-state index in [4.69, 9.17) is 0 Å². The van der Waals surface area contributed by atoms with E-state index in [1.165, 1.54) is 4.31 Å². The van der Waals surface area contributed by atoms with E-state index in [2.05, 4.69) is 15.1 Å². The first-order chi connectivity index (χ1) is 11.9. The molecule has 1 saturated heterocycles. The van der Waals surface area contributed by atoms with Gasteiger partial charge in [-0.15, -0.1) is 0 Å². The Labute approximate surface area is 148 Å². The molecule has 1 atom stereocenters. The van der Waals surface area contributed by atoms with Crippen molar-refractivity contribution in [3.63, 3.8) is 0 Å². The van der Waals surface area contributed by atoms with Crippen LogP contribution >= 0.6 is 0 Å². The zero-order chi connectivity index (χ0) is 18.0. The number of aryl methyl sites for hydroxylation is 1. The summed E-state index contributed by atoms with van der Waals surface area (Å²) in [7, 11) is 1.66. The predicted molar refractivity (Wildman–Crippen MR) is 94.8 cm³/mol. The summed E-state index contributed by atoms with van der Waals surface area (Å²) in [6.07, 6.45) is 7.87. The molecule has 3 heterocycles. The molecule has 0 unspecified atom stereocenters. The standard InChI is InChI=1S/C16H24N6O2S/c1-20(2)25(23,24)22-8-4-5-13(12-22)9-14-10-18-15(11-17-14)16-6-7-19-21(16)3/h6-7,10-11,13H,4-5,8-9,12H2,1-3H3/t13-/m0/s1. The van der Waals surface area contributed by atoms with Crippen LogP contribution in [-0.4, -0.2) is 64.0 Å². The molecule has 0 spiro atoms. The van der Waals surface area contributed by atoms with Crippen molar-refractivity contribution in [3.05, 3.63) is 30.4 Å². The van der Waals surface area contributed by atoms with Crippen LogP contribution in [0.1, 0.15) is 18.5 Å². The Hall–Kier alpha value is -1.84. The van der Waals surface area contributed by atoms with E-state index in [-0.39, 0.29) is 5.92 Å². The minimum Gasteiger partial charge on any atom is -0.266 e. The molecule has 0 aliphatic carbocycles. The highest BCUT2D eigenvalue weighted by molar-refractivity contribution is 7.86. The molecule has 25 heavy (non-hydrogen) atoms. The first-order valence-corrected chi connectivity index (χ1v) is 9.74. The molecule has 136 valence electrons. The second-order valence-corrected chi connectivity index (χ2v) is 8.74. The highest BCUT2D eigenvalue weighted by atomic mass is 32.2. The third kappa shape index (κ3) is 3.88. The number of hydrogen-bond donors (Lipinski definition) is 0. The van der Waals surface area contributed by atoms with Crippen molar-refractivity contribution >= 4 is 10.2 Å². The Morgan fingerprint density at radius 2 is 2.08 bits per heavy atom. The van der Waals surface area contributed by atoms with Crippen LogP contribution < -0.4 is 0 Å². The van der Waals surface area contributed by atoms with Crippen molar-refractivity contribution in [3.8, 4) is 11.4 Å². The highest BCUT2D eigenvalue weighted by Crippen LogP contribution is 2.23. The van der Waals surface area contributed by atoms with Gasteiger partial charge in [0.1, 0.15) is 5.69 Å². The number of rotatable bonds is 5. The van der Waals surface area contributed by atoms with Crippen LogP contribution in [0.5, 0.6) is 0 Å². The van der Waals surface area contributed by atoms with Crippen molar-refractivity contribution in [1.29, 1.82) is 0 Å². The Balaban J connectivity index is 1.67. The molecule has 2 aromatic heterocycles. The van der Waals surface area contributed by atoms with Gasteiger partial charge in [-0.25, -0.2) is 0 Å². The molecule has 3 rings (SSSR count). The molecule has 1 fully saturated rings. The molecule has 9 heteroatoms. The van der Waals surface area contributed by atoms with Gasteiger partial charge in [0.25, 0.3) is 10.2 Å². The summed E-state index contributed by atoms with van der Waals surface area (Å²) < 4.78 is 29.2. The van der Waals surface area contributed by atoms with E-state index in [1.54, 1.807) is 41.7 Å². The molecule has 0 bridgehead atoms. The van der Waals surface area contributed by atoms with Gasteiger partial charge in [0.05, 0.1) is 17.6 Å². The lowest BCUT2D eigenvalue weighted by Crippen LogP contribution is -2.45. The first-order valence-electron chi connectivity index (χ1n) is 8.35. The van der Waals surface area contributed by atoms with Gasteiger partial charge in [-0.3, -0.25) is 14.6 Å². The van der Waals surface area contributed by atoms with Crippen LogP contribution in [0.25, 0.3) is 11.4 Å². The topological polar surface area (TPSA) is 84.2 Å². The van der Waals surface area contributed by atoms with Crippen LogP contribution in [0.15, 0.2) is 24.7 Å². The molecule has 0 aromatic carbocycles. The van der Waals surface area contributed by atoms with E-state index < -0.39 is 10.2 Å². The van der Waals surface area contributed by atoms with Gasteiger partial charge in [-0.1, -0.05) is 0 Å². The maximum Gasteiger partial charge on any atom is 0.281 e. The Kier molecular flexibility index (Phi) is 5.16. The number of hydrogen-bond acceptors (Lipinski definition) is 5. The van der Waals surface area contributed by atoms with E-state index >= 15 is 0 Å². The molecular weight excluding hydrogens is 340 g/mol. The zero-order valence-corrected chi connectivity index (χ0v) is 15.6. The van der Waals surface area contributed by atoms with Gasteiger partial charge in [-0.05, 0) is 31.2 Å². The third-order valence-corrected chi connectivity index (χ3v) is 6.46. The number of nitrogens with zero attached hydrogens (tertiary/aromatic N) is 6. The fourth-order valence-electron chi connectivity index (χ4n) is 3.15. The molecule has 0 saturated carbocycles. The normalized spacial score (nSPS) is 19.4. The molecule has 8 nitrogen and oxygen atoms in total. The third-order valence-electron chi connectivity index (χ3n) is 4.56. The molecule has 0 radical (unpaired) electrons. The van der Waals surface area contributed by atoms with Gasteiger partial charge < -0.3 is 0 Å². The molecule has 1 aliphatic rings. The lowest BCUT2D eigenvalue weighted by atomic mass is 9.95. The van der Waals surface area contributed by atoms with Crippen molar-refractivity contribution in [2.45, 2.75) is 19.3 Å². The SMILES string of the molecule is CN(C)S(=O)(=O)N1CCC[C@@H](Cc2cnc(-c3ccnn3C)cn2)C1. The Bertz CT molecular complexity index is 815. The van der Waals surface area contributed by atoms with Gasteiger partial charge in [0, 0.05) is 46.6 Å². The fourth-order valence-corrected chi connectivity index (χ4v) is 4.37. The molecule has 1 aliphatic heterocycles. The summed E-state index contributed by atoms with van der Waals surface area (Å²) in [6.45, 7) is 1.12. The summed E-state index contributed by atoms with van der Waals surface area (Å²) >= 11 is 0. The van der Waals surface area contributed by atoms with Crippen LogP contribution in [0.4, 0.5) is 0 Å². The Morgan fingerprint density at radius 3 is 2.68 bits per heavy atom. The second-order valence-electron chi connectivity index (χ2n) is 6.59. The van der Waals surface area contributed by atoms with Crippen LogP contribution in [0.3, 0.4) is 0 Å². The summed E-state index contributed by atoms with van der Waals surface area (Å²) in [5.74, 6) is 0.264. The maximum atomic E-state index is 12.3. The minimum absolute atomic E-state index is 0.264. The minimum atomic E-state index is -3.35. The number of aromatic nitrogens is 4.